The first-order valence-corrected chi connectivity index (χ1v) is 15.8. The van der Waals surface area contributed by atoms with Crippen molar-refractivity contribution < 1.29 is 17.9 Å². The molecule has 12 nitrogen and oxygen atoms in total. The lowest BCUT2D eigenvalue weighted by atomic mass is 10.2. The third-order valence-corrected chi connectivity index (χ3v) is 7.89. The van der Waals surface area contributed by atoms with Crippen LogP contribution in [0.25, 0.3) is 0 Å². The first kappa shape index (κ1) is 31.3. The number of rotatable bonds is 11. The van der Waals surface area contributed by atoms with Crippen molar-refractivity contribution in [3.8, 4) is 11.8 Å². The lowest BCUT2D eigenvalue weighted by Crippen LogP contribution is -2.46. The van der Waals surface area contributed by atoms with Crippen LogP contribution in [0.1, 0.15) is 26.3 Å². The zero-order valence-electron chi connectivity index (χ0n) is 24.7. The fourth-order valence-corrected chi connectivity index (χ4v) is 5.14. The fourth-order valence-electron chi connectivity index (χ4n) is 4.50. The summed E-state index contributed by atoms with van der Waals surface area (Å²) in [6.07, 6.45) is 3.45. The Hall–Kier alpha value is -4.67. The van der Waals surface area contributed by atoms with Crippen molar-refractivity contribution in [1.82, 2.24) is 14.9 Å². The molecular formula is C30H36N8O4S. The van der Waals surface area contributed by atoms with Crippen LogP contribution in [0.2, 0.25) is 0 Å². The molecule has 1 aliphatic heterocycles. The molecule has 2 heterocycles. The molecule has 0 spiro atoms. The maximum atomic E-state index is 12.3. The number of ether oxygens (including phenoxy) is 1. The smallest absolute Gasteiger partial charge is 0.247 e. The van der Waals surface area contributed by atoms with E-state index in [0.717, 1.165) is 44.7 Å². The minimum atomic E-state index is -3.47. The summed E-state index contributed by atoms with van der Waals surface area (Å²) in [6, 6.07) is 12.2. The molecule has 43 heavy (non-hydrogen) atoms. The molecule has 3 aromatic rings. The molecule has 0 radical (unpaired) electrons. The van der Waals surface area contributed by atoms with E-state index in [1.807, 2.05) is 32.0 Å². The summed E-state index contributed by atoms with van der Waals surface area (Å²) in [5, 5.41) is 18.8. The van der Waals surface area contributed by atoms with Crippen molar-refractivity contribution in [3.63, 3.8) is 0 Å². The van der Waals surface area contributed by atoms with Crippen LogP contribution in [0.4, 0.5) is 34.5 Å². The number of aromatic nitrogens is 2. The topological polar surface area (TPSA) is 153 Å². The van der Waals surface area contributed by atoms with Crippen molar-refractivity contribution in [2.24, 2.45) is 0 Å². The molecule has 0 saturated carbocycles. The van der Waals surface area contributed by atoms with Crippen molar-refractivity contribution in [2.75, 3.05) is 59.8 Å². The van der Waals surface area contributed by atoms with Gasteiger partial charge in [-0.2, -0.15) is 10.2 Å². The van der Waals surface area contributed by atoms with Gasteiger partial charge in [0.05, 0.1) is 34.3 Å². The van der Waals surface area contributed by atoms with Crippen molar-refractivity contribution in [3.05, 3.63) is 60.8 Å². The number of carbonyl (C=O) groups excluding carboxylic acids is 1. The van der Waals surface area contributed by atoms with Crippen LogP contribution in [0, 0.1) is 11.3 Å². The van der Waals surface area contributed by atoms with Crippen LogP contribution >= 0.6 is 0 Å². The van der Waals surface area contributed by atoms with E-state index in [2.05, 4.69) is 55.3 Å². The third kappa shape index (κ3) is 8.00. The van der Waals surface area contributed by atoms with Crippen LogP contribution in [0.3, 0.4) is 0 Å². The highest BCUT2D eigenvalue weighted by Crippen LogP contribution is 2.34. The van der Waals surface area contributed by atoms with Crippen LogP contribution in [0.5, 0.6) is 5.75 Å². The molecule has 1 fully saturated rings. The molecule has 13 heteroatoms. The van der Waals surface area contributed by atoms with E-state index in [9.17, 15) is 18.5 Å². The number of nitrogens with zero attached hydrogens (tertiary/aromatic N) is 5. The second-order valence-electron chi connectivity index (χ2n) is 10.3. The van der Waals surface area contributed by atoms with E-state index < -0.39 is 9.84 Å². The van der Waals surface area contributed by atoms with Crippen LogP contribution in [0.15, 0.2) is 60.1 Å². The largest absolute Gasteiger partial charge is 0.489 e. The first-order chi connectivity index (χ1) is 20.5. The van der Waals surface area contributed by atoms with Crippen LogP contribution < -0.4 is 25.6 Å². The minimum Gasteiger partial charge on any atom is -0.489 e. The second-order valence-corrected chi connectivity index (χ2v) is 12.3. The molecule has 2 aromatic carbocycles. The average molecular weight is 605 g/mol. The molecule has 1 aliphatic rings. The van der Waals surface area contributed by atoms with Gasteiger partial charge in [-0.3, -0.25) is 4.79 Å². The van der Waals surface area contributed by atoms with E-state index in [4.69, 9.17) is 4.74 Å². The number of amides is 1. The molecule has 0 aliphatic carbocycles. The monoisotopic (exact) mass is 604 g/mol. The highest BCUT2D eigenvalue weighted by Gasteiger charge is 2.19. The van der Waals surface area contributed by atoms with Gasteiger partial charge in [0, 0.05) is 44.2 Å². The number of anilines is 6. The van der Waals surface area contributed by atoms with Gasteiger partial charge in [0.25, 0.3) is 0 Å². The summed E-state index contributed by atoms with van der Waals surface area (Å²) in [5.74, 6) is 0.274. The summed E-state index contributed by atoms with van der Waals surface area (Å²) >= 11 is 0. The standard InChI is InChI=1S/C30H36N8O4S/c1-6-28(39)33-26-16-22(38-14-12-37(7-2)13-15-38)8-10-24(26)35-30-32-19-21(18-31)29(36-30)34-25-11-9-23(43(5,40)41)17-27(25)42-20(3)4/h6,8-11,16-17,19-20H,1,7,12-15H2,2-5H3,(H,33,39)(H2,32,34,35,36). The summed E-state index contributed by atoms with van der Waals surface area (Å²) in [7, 11) is -3.47. The fraction of sp³-hybridized carbons (Fsp3) is 0.333. The van der Waals surface area contributed by atoms with E-state index in [1.165, 1.54) is 24.4 Å². The highest BCUT2D eigenvalue weighted by molar-refractivity contribution is 7.90. The predicted octanol–water partition coefficient (Wildman–Crippen LogP) is 4.29. The number of nitrogens with one attached hydrogen (secondary N) is 3. The lowest BCUT2D eigenvalue weighted by Gasteiger charge is -2.35. The Kier molecular flexibility index (Phi) is 9.84. The number of piperazine rings is 1. The Bertz CT molecular complexity index is 1640. The molecule has 3 N–H and O–H groups in total. The maximum absolute atomic E-state index is 12.3. The minimum absolute atomic E-state index is 0.101. The zero-order valence-corrected chi connectivity index (χ0v) is 25.5. The molecule has 0 atom stereocenters. The lowest BCUT2D eigenvalue weighted by molar-refractivity contribution is -0.111. The number of likely N-dealkylation sites (N-methyl/N-ethyl adjacent to an activating group) is 1. The number of sulfone groups is 1. The van der Waals surface area contributed by atoms with Gasteiger partial charge in [-0.15, -0.1) is 0 Å². The zero-order chi connectivity index (χ0) is 31.1. The quantitative estimate of drug-likeness (QED) is 0.269. The van der Waals surface area contributed by atoms with Gasteiger partial charge in [-0.1, -0.05) is 13.5 Å². The summed E-state index contributed by atoms with van der Waals surface area (Å²) < 4.78 is 30.1. The molecule has 4 rings (SSSR count). The SMILES string of the molecule is C=CC(=O)Nc1cc(N2CCN(CC)CC2)ccc1Nc1ncc(C#N)c(Nc2ccc(S(C)(=O)=O)cc2OC(C)C)n1. The number of nitriles is 1. The summed E-state index contributed by atoms with van der Waals surface area (Å²) in [4.78, 5) is 25.9. The Balaban J connectivity index is 1.65. The third-order valence-electron chi connectivity index (χ3n) is 6.78. The molecule has 1 amide bonds. The summed E-state index contributed by atoms with van der Waals surface area (Å²) in [6.45, 7) is 14.0. The molecule has 0 unspecified atom stereocenters. The van der Waals surface area contributed by atoms with E-state index in [1.54, 1.807) is 6.07 Å². The van der Waals surface area contributed by atoms with E-state index >= 15 is 0 Å². The van der Waals surface area contributed by atoms with Gasteiger partial charge < -0.3 is 30.5 Å². The highest BCUT2D eigenvalue weighted by atomic mass is 32.2. The van der Waals surface area contributed by atoms with Gasteiger partial charge in [0.15, 0.2) is 15.7 Å². The second kappa shape index (κ2) is 13.5. The Labute approximate surface area is 252 Å². The summed E-state index contributed by atoms with van der Waals surface area (Å²) in [5.41, 5.74) is 2.62. The Morgan fingerprint density at radius 3 is 2.47 bits per heavy atom. The van der Waals surface area contributed by atoms with Gasteiger partial charge in [-0.25, -0.2) is 13.4 Å². The van der Waals surface area contributed by atoms with Gasteiger partial charge >= 0.3 is 0 Å². The Morgan fingerprint density at radius 1 is 1.12 bits per heavy atom. The molecule has 1 saturated heterocycles. The van der Waals surface area contributed by atoms with Gasteiger partial charge in [0.1, 0.15) is 17.4 Å². The van der Waals surface area contributed by atoms with E-state index in [0.29, 0.717) is 22.8 Å². The first-order valence-electron chi connectivity index (χ1n) is 13.9. The number of hydrogen-bond acceptors (Lipinski definition) is 11. The van der Waals surface area contributed by atoms with Crippen LogP contribution in [-0.4, -0.2) is 74.3 Å². The van der Waals surface area contributed by atoms with Crippen LogP contribution in [-0.2, 0) is 14.6 Å². The number of benzene rings is 2. The van der Waals surface area contributed by atoms with Crippen molar-refractivity contribution >= 4 is 50.3 Å². The van der Waals surface area contributed by atoms with Gasteiger partial charge in [-0.05, 0) is 56.8 Å². The molecular weight excluding hydrogens is 568 g/mol. The van der Waals surface area contributed by atoms with E-state index in [-0.39, 0.29) is 34.2 Å². The molecule has 0 bridgehead atoms. The normalized spacial score (nSPS) is 13.7. The average Bonchev–Trinajstić information content (AvgIpc) is 2.98. The molecule has 1 aromatic heterocycles. The van der Waals surface area contributed by atoms with Crippen molar-refractivity contribution in [2.45, 2.75) is 31.8 Å². The molecule has 226 valence electrons. The predicted molar refractivity (Wildman–Crippen MR) is 168 cm³/mol. The van der Waals surface area contributed by atoms with Crippen molar-refractivity contribution in [1.29, 1.82) is 5.26 Å². The Morgan fingerprint density at radius 2 is 1.84 bits per heavy atom. The number of carbonyl (C=O) groups is 1. The van der Waals surface area contributed by atoms with Gasteiger partial charge in [0.2, 0.25) is 11.9 Å². The maximum Gasteiger partial charge on any atom is 0.247 e. The number of hydrogen-bond donors (Lipinski definition) is 3.